The molecule has 0 aliphatic carbocycles. The van der Waals surface area contributed by atoms with E-state index in [1.165, 1.54) is 12.1 Å². The molecule has 0 spiro atoms. The Balaban J connectivity index is 2.46. The van der Waals surface area contributed by atoms with Gasteiger partial charge >= 0.3 is 6.18 Å². The highest BCUT2D eigenvalue weighted by molar-refractivity contribution is 6.12. The third-order valence-corrected chi connectivity index (χ3v) is 2.91. The van der Waals surface area contributed by atoms with E-state index in [1.807, 2.05) is 0 Å². The number of rotatable bonds is 2. The monoisotopic (exact) mass is 279 g/mol. The fourth-order valence-corrected chi connectivity index (χ4v) is 1.86. The van der Waals surface area contributed by atoms with E-state index in [-0.39, 0.29) is 16.8 Å². The van der Waals surface area contributed by atoms with E-state index in [4.69, 9.17) is 5.73 Å². The standard InChI is InChI=1S/C15H12F3NO/c1-9-5-6-13(19)12(7-9)14(20)10-3-2-4-11(8-10)15(16,17)18/h2-8H,19H2,1H3. The molecule has 0 aliphatic rings. The minimum atomic E-state index is -4.48. The van der Waals surface area contributed by atoms with Crippen molar-refractivity contribution in [2.24, 2.45) is 0 Å². The molecule has 0 fully saturated rings. The van der Waals surface area contributed by atoms with Crippen LogP contribution in [-0.4, -0.2) is 5.78 Å². The van der Waals surface area contributed by atoms with Crippen LogP contribution in [0.4, 0.5) is 18.9 Å². The molecule has 2 rings (SSSR count). The van der Waals surface area contributed by atoms with Crippen molar-refractivity contribution in [1.29, 1.82) is 0 Å². The molecule has 0 saturated carbocycles. The second kappa shape index (κ2) is 5.00. The van der Waals surface area contributed by atoms with Gasteiger partial charge in [0.15, 0.2) is 5.78 Å². The topological polar surface area (TPSA) is 43.1 Å². The molecule has 0 amide bonds. The molecule has 20 heavy (non-hydrogen) atoms. The SMILES string of the molecule is Cc1ccc(N)c(C(=O)c2cccc(C(F)(F)F)c2)c1. The van der Waals surface area contributed by atoms with Crippen molar-refractivity contribution >= 4 is 11.5 Å². The molecule has 2 aromatic rings. The summed E-state index contributed by atoms with van der Waals surface area (Å²) in [7, 11) is 0. The average Bonchev–Trinajstić information content (AvgIpc) is 2.40. The Morgan fingerprint density at radius 2 is 1.80 bits per heavy atom. The summed E-state index contributed by atoms with van der Waals surface area (Å²) < 4.78 is 37.9. The van der Waals surface area contributed by atoms with Crippen LogP contribution in [0.1, 0.15) is 27.0 Å². The number of hydrogen-bond acceptors (Lipinski definition) is 2. The van der Waals surface area contributed by atoms with E-state index in [0.29, 0.717) is 0 Å². The van der Waals surface area contributed by atoms with Gasteiger partial charge in [0.2, 0.25) is 0 Å². The number of ketones is 1. The number of anilines is 1. The number of carbonyl (C=O) groups is 1. The molecule has 0 atom stereocenters. The third-order valence-electron chi connectivity index (χ3n) is 2.91. The molecule has 2 nitrogen and oxygen atoms in total. The summed E-state index contributed by atoms with van der Waals surface area (Å²) in [6.45, 7) is 1.78. The first-order valence-corrected chi connectivity index (χ1v) is 5.87. The van der Waals surface area contributed by atoms with Gasteiger partial charge in [-0.15, -0.1) is 0 Å². The third kappa shape index (κ3) is 2.82. The lowest BCUT2D eigenvalue weighted by Gasteiger charge is -2.09. The van der Waals surface area contributed by atoms with Gasteiger partial charge in [0.25, 0.3) is 0 Å². The molecule has 104 valence electrons. The summed E-state index contributed by atoms with van der Waals surface area (Å²) in [5.41, 5.74) is 6.10. The largest absolute Gasteiger partial charge is 0.416 e. The highest BCUT2D eigenvalue weighted by Gasteiger charge is 2.31. The number of nitrogen functional groups attached to an aromatic ring is 1. The molecule has 0 bridgehead atoms. The van der Waals surface area contributed by atoms with Crippen molar-refractivity contribution in [2.45, 2.75) is 13.1 Å². The molecule has 0 saturated heterocycles. The van der Waals surface area contributed by atoms with Gasteiger partial charge in [0, 0.05) is 16.8 Å². The summed E-state index contributed by atoms with van der Waals surface area (Å²) in [6.07, 6.45) is -4.48. The van der Waals surface area contributed by atoms with Gasteiger partial charge in [-0.3, -0.25) is 4.79 Å². The predicted molar refractivity (Wildman–Crippen MR) is 70.5 cm³/mol. The number of hydrogen-bond donors (Lipinski definition) is 1. The van der Waals surface area contributed by atoms with Crippen molar-refractivity contribution in [3.05, 3.63) is 64.7 Å². The van der Waals surface area contributed by atoms with Crippen LogP contribution < -0.4 is 5.73 Å². The van der Waals surface area contributed by atoms with E-state index in [9.17, 15) is 18.0 Å². The van der Waals surface area contributed by atoms with Crippen molar-refractivity contribution in [3.63, 3.8) is 0 Å². The van der Waals surface area contributed by atoms with Crippen LogP contribution in [-0.2, 0) is 6.18 Å². The minimum Gasteiger partial charge on any atom is -0.398 e. The van der Waals surface area contributed by atoms with Gasteiger partial charge < -0.3 is 5.73 Å². The molecule has 2 N–H and O–H groups in total. The Hall–Kier alpha value is -2.30. The minimum absolute atomic E-state index is 0.0304. The van der Waals surface area contributed by atoms with E-state index in [1.54, 1.807) is 25.1 Å². The molecule has 2 aromatic carbocycles. The second-order valence-corrected chi connectivity index (χ2v) is 4.50. The quantitative estimate of drug-likeness (QED) is 0.670. The number of aryl methyl sites for hydroxylation is 1. The van der Waals surface area contributed by atoms with Crippen molar-refractivity contribution in [2.75, 3.05) is 5.73 Å². The summed E-state index contributed by atoms with van der Waals surface area (Å²) in [6, 6.07) is 9.19. The summed E-state index contributed by atoms with van der Waals surface area (Å²) in [5, 5.41) is 0. The van der Waals surface area contributed by atoms with Gasteiger partial charge in [-0.1, -0.05) is 23.8 Å². The van der Waals surface area contributed by atoms with Crippen molar-refractivity contribution < 1.29 is 18.0 Å². The zero-order valence-corrected chi connectivity index (χ0v) is 10.7. The second-order valence-electron chi connectivity index (χ2n) is 4.50. The Kier molecular flexibility index (Phi) is 3.53. The fraction of sp³-hybridized carbons (Fsp3) is 0.133. The number of halogens is 3. The first-order chi connectivity index (χ1) is 9.29. The molecule has 0 heterocycles. The highest BCUT2D eigenvalue weighted by Crippen LogP contribution is 2.30. The van der Waals surface area contributed by atoms with Crippen LogP contribution in [0.15, 0.2) is 42.5 Å². The van der Waals surface area contributed by atoms with Crippen LogP contribution in [0, 0.1) is 6.92 Å². The maximum absolute atomic E-state index is 12.6. The van der Waals surface area contributed by atoms with Crippen molar-refractivity contribution in [1.82, 2.24) is 0 Å². The molecular formula is C15H12F3NO. The van der Waals surface area contributed by atoms with Gasteiger partial charge in [-0.2, -0.15) is 13.2 Å². The molecule has 0 aromatic heterocycles. The lowest BCUT2D eigenvalue weighted by Crippen LogP contribution is -2.09. The highest BCUT2D eigenvalue weighted by atomic mass is 19.4. The number of alkyl halides is 3. The van der Waals surface area contributed by atoms with Gasteiger partial charge in [-0.05, 0) is 31.2 Å². The first kappa shape index (κ1) is 14.1. The Morgan fingerprint density at radius 3 is 2.45 bits per heavy atom. The smallest absolute Gasteiger partial charge is 0.398 e. The van der Waals surface area contributed by atoms with Crippen LogP contribution in [0.25, 0.3) is 0 Å². The zero-order chi connectivity index (χ0) is 14.9. The number of carbonyl (C=O) groups excluding carboxylic acids is 1. The maximum atomic E-state index is 12.6. The first-order valence-electron chi connectivity index (χ1n) is 5.87. The Bertz CT molecular complexity index is 662. The van der Waals surface area contributed by atoms with E-state index >= 15 is 0 Å². The van der Waals surface area contributed by atoms with Crippen molar-refractivity contribution in [3.8, 4) is 0 Å². The van der Waals surface area contributed by atoms with Crippen LogP contribution >= 0.6 is 0 Å². The zero-order valence-electron chi connectivity index (χ0n) is 10.7. The number of benzene rings is 2. The lowest BCUT2D eigenvalue weighted by atomic mass is 9.98. The van der Waals surface area contributed by atoms with Gasteiger partial charge in [0.1, 0.15) is 0 Å². The molecular weight excluding hydrogens is 267 g/mol. The number of nitrogens with two attached hydrogens (primary N) is 1. The summed E-state index contributed by atoms with van der Waals surface area (Å²) in [5.74, 6) is -0.516. The van der Waals surface area contributed by atoms with Gasteiger partial charge in [-0.25, -0.2) is 0 Å². The van der Waals surface area contributed by atoms with E-state index in [2.05, 4.69) is 0 Å². The average molecular weight is 279 g/mol. The normalized spacial score (nSPS) is 11.4. The fourth-order valence-electron chi connectivity index (χ4n) is 1.86. The maximum Gasteiger partial charge on any atom is 0.416 e. The molecule has 5 heteroatoms. The van der Waals surface area contributed by atoms with Gasteiger partial charge in [0.05, 0.1) is 5.56 Å². The predicted octanol–water partition coefficient (Wildman–Crippen LogP) is 3.83. The molecule has 0 radical (unpaired) electrons. The Labute approximate surface area is 114 Å². The van der Waals surface area contributed by atoms with Crippen LogP contribution in [0.5, 0.6) is 0 Å². The summed E-state index contributed by atoms with van der Waals surface area (Å²) >= 11 is 0. The summed E-state index contributed by atoms with van der Waals surface area (Å²) in [4.78, 5) is 12.3. The van der Waals surface area contributed by atoms with Crippen LogP contribution in [0.2, 0.25) is 0 Å². The Morgan fingerprint density at radius 1 is 1.10 bits per heavy atom. The van der Waals surface area contributed by atoms with E-state index in [0.717, 1.165) is 17.7 Å². The van der Waals surface area contributed by atoms with Crippen LogP contribution in [0.3, 0.4) is 0 Å². The molecule has 0 unspecified atom stereocenters. The molecule has 0 aliphatic heterocycles. The van der Waals surface area contributed by atoms with E-state index < -0.39 is 17.5 Å². The lowest BCUT2D eigenvalue weighted by molar-refractivity contribution is -0.137.